The number of nitrogens with one attached hydrogen (secondary N) is 1. The lowest BCUT2D eigenvalue weighted by Gasteiger charge is -2.30. The fraction of sp³-hybridized carbons (Fsp3) is 0.600. The minimum atomic E-state index is 0.0240. The zero-order valence-corrected chi connectivity index (χ0v) is 14.0. The van der Waals surface area contributed by atoms with Gasteiger partial charge in [0.15, 0.2) is 0 Å². The Balaban J connectivity index is 2.05. The molecular weight excluding hydrogens is 338 g/mol. The first kappa shape index (κ1) is 16.7. The standard InChI is InChI=1S/C15H22BrNO4/c1-17-15(14-10-19-6-8-21-14)11-3-4-13(12(16)9-11)20-7-5-18-2/h3-4,9,14-15,17H,5-8,10H2,1-2H3. The predicted molar refractivity (Wildman–Crippen MR) is 83.9 cm³/mol. The first-order chi connectivity index (χ1) is 10.3. The van der Waals surface area contributed by atoms with Crippen LogP contribution in [0.2, 0.25) is 0 Å². The van der Waals surface area contributed by atoms with Crippen molar-refractivity contribution in [2.45, 2.75) is 12.1 Å². The number of ether oxygens (including phenoxy) is 4. The van der Waals surface area contributed by atoms with Crippen molar-refractivity contribution in [3.63, 3.8) is 0 Å². The molecule has 2 rings (SSSR count). The normalized spacial score (nSPS) is 20.2. The van der Waals surface area contributed by atoms with Crippen LogP contribution in [0.15, 0.2) is 22.7 Å². The summed E-state index contributed by atoms with van der Waals surface area (Å²) < 4.78 is 22.8. The quantitative estimate of drug-likeness (QED) is 0.756. The molecule has 21 heavy (non-hydrogen) atoms. The average molecular weight is 360 g/mol. The zero-order chi connectivity index (χ0) is 15.1. The maximum absolute atomic E-state index is 5.78. The van der Waals surface area contributed by atoms with Crippen molar-refractivity contribution in [3.05, 3.63) is 28.2 Å². The van der Waals surface area contributed by atoms with Crippen molar-refractivity contribution < 1.29 is 18.9 Å². The topological polar surface area (TPSA) is 49.0 Å². The fourth-order valence-electron chi connectivity index (χ4n) is 2.33. The van der Waals surface area contributed by atoms with Gasteiger partial charge in [0.1, 0.15) is 18.5 Å². The minimum absolute atomic E-state index is 0.0240. The number of hydrogen-bond acceptors (Lipinski definition) is 5. The Morgan fingerprint density at radius 1 is 1.38 bits per heavy atom. The van der Waals surface area contributed by atoms with E-state index in [1.54, 1.807) is 7.11 Å². The average Bonchev–Trinajstić information content (AvgIpc) is 2.51. The molecule has 118 valence electrons. The van der Waals surface area contributed by atoms with E-state index in [0.717, 1.165) is 15.8 Å². The highest BCUT2D eigenvalue weighted by molar-refractivity contribution is 9.10. The van der Waals surface area contributed by atoms with Crippen LogP contribution in [0.5, 0.6) is 5.75 Å². The lowest BCUT2D eigenvalue weighted by Crippen LogP contribution is -2.39. The van der Waals surface area contributed by atoms with E-state index < -0.39 is 0 Å². The van der Waals surface area contributed by atoms with Gasteiger partial charge in [-0.3, -0.25) is 0 Å². The third kappa shape index (κ3) is 4.66. The van der Waals surface area contributed by atoms with Gasteiger partial charge >= 0.3 is 0 Å². The Hall–Kier alpha value is -0.660. The summed E-state index contributed by atoms with van der Waals surface area (Å²) in [6.45, 7) is 3.02. The van der Waals surface area contributed by atoms with Gasteiger partial charge in [0, 0.05) is 7.11 Å². The molecular formula is C15H22BrNO4. The first-order valence-electron chi connectivity index (χ1n) is 7.04. The van der Waals surface area contributed by atoms with Crippen LogP contribution in [0.25, 0.3) is 0 Å². The number of benzene rings is 1. The highest BCUT2D eigenvalue weighted by Crippen LogP contribution is 2.30. The van der Waals surface area contributed by atoms with E-state index in [1.807, 2.05) is 19.2 Å². The van der Waals surface area contributed by atoms with E-state index in [2.05, 4.69) is 27.3 Å². The summed E-state index contributed by atoms with van der Waals surface area (Å²) in [5.74, 6) is 0.812. The molecule has 1 aromatic carbocycles. The van der Waals surface area contributed by atoms with Crippen LogP contribution in [-0.2, 0) is 14.2 Å². The maximum Gasteiger partial charge on any atom is 0.133 e. The summed E-state index contributed by atoms with van der Waals surface area (Å²) in [6, 6.07) is 6.16. The smallest absolute Gasteiger partial charge is 0.133 e. The summed E-state index contributed by atoms with van der Waals surface area (Å²) in [5.41, 5.74) is 1.14. The van der Waals surface area contributed by atoms with Gasteiger partial charge in [-0.05, 0) is 40.7 Å². The molecule has 1 aliphatic rings. The van der Waals surface area contributed by atoms with Crippen LogP contribution in [0.1, 0.15) is 11.6 Å². The van der Waals surface area contributed by atoms with Crippen LogP contribution >= 0.6 is 15.9 Å². The summed E-state index contributed by atoms with van der Waals surface area (Å²) in [4.78, 5) is 0. The summed E-state index contributed by atoms with van der Waals surface area (Å²) in [5, 5.41) is 3.30. The van der Waals surface area contributed by atoms with Crippen LogP contribution in [0, 0.1) is 0 Å². The molecule has 1 N–H and O–H groups in total. The molecule has 0 bridgehead atoms. The van der Waals surface area contributed by atoms with Crippen LogP contribution in [-0.4, -0.2) is 53.3 Å². The zero-order valence-electron chi connectivity index (χ0n) is 12.4. The van der Waals surface area contributed by atoms with Gasteiger partial charge in [-0.15, -0.1) is 0 Å². The second-order valence-corrected chi connectivity index (χ2v) is 5.64. The van der Waals surface area contributed by atoms with Crippen molar-refractivity contribution in [1.82, 2.24) is 5.32 Å². The third-order valence-electron chi connectivity index (χ3n) is 3.38. The van der Waals surface area contributed by atoms with Crippen molar-refractivity contribution in [1.29, 1.82) is 0 Å². The van der Waals surface area contributed by atoms with Crippen LogP contribution in [0.3, 0.4) is 0 Å². The van der Waals surface area contributed by atoms with Gasteiger partial charge in [0.05, 0.1) is 36.9 Å². The van der Waals surface area contributed by atoms with E-state index in [9.17, 15) is 0 Å². The monoisotopic (exact) mass is 359 g/mol. The summed E-state index contributed by atoms with van der Waals surface area (Å²) >= 11 is 3.56. The van der Waals surface area contributed by atoms with Gasteiger partial charge in [0.25, 0.3) is 0 Å². The van der Waals surface area contributed by atoms with Crippen LogP contribution < -0.4 is 10.1 Å². The second kappa shape index (κ2) is 8.70. The highest BCUT2D eigenvalue weighted by Gasteiger charge is 2.25. The van der Waals surface area contributed by atoms with Crippen molar-refractivity contribution in [2.75, 3.05) is 47.2 Å². The Bertz CT molecular complexity index is 438. The van der Waals surface area contributed by atoms with Gasteiger partial charge in [-0.2, -0.15) is 0 Å². The second-order valence-electron chi connectivity index (χ2n) is 4.78. The van der Waals surface area contributed by atoms with Gasteiger partial charge in [-0.25, -0.2) is 0 Å². The Morgan fingerprint density at radius 3 is 2.86 bits per heavy atom. The molecule has 1 heterocycles. The third-order valence-corrected chi connectivity index (χ3v) is 4.00. The van der Waals surface area contributed by atoms with Crippen molar-refractivity contribution >= 4 is 15.9 Å². The molecule has 6 heteroatoms. The molecule has 0 spiro atoms. The summed E-state index contributed by atoms with van der Waals surface area (Å²) in [6.07, 6.45) is 0.0240. The van der Waals surface area contributed by atoms with Crippen molar-refractivity contribution in [3.8, 4) is 5.75 Å². The molecule has 2 atom stereocenters. The maximum atomic E-state index is 5.78. The molecule has 0 radical (unpaired) electrons. The van der Waals surface area contributed by atoms with Crippen molar-refractivity contribution in [2.24, 2.45) is 0 Å². The summed E-state index contributed by atoms with van der Waals surface area (Å²) in [7, 11) is 3.59. The number of rotatable bonds is 7. The molecule has 1 saturated heterocycles. The van der Waals surface area contributed by atoms with E-state index in [-0.39, 0.29) is 12.1 Å². The SMILES string of the molecule is CNC(c1ccc(OCCOC)c(Br)c1)C1COCCO1. The number of likely N-dealkylation sites (N-methyl/N-ethyl adjacent to an activating group) is 1. The lowest BCUT2D eigenvalue weighted by atomic mass is 10.0. The highest BCUT2D eigenvalue weighted by atomic mass is 79.9. The Morgan fingerprint density at radius 2 is 2.24 bits per heavy atom. The first-order valence-corrected chi connectivity index (χ1v) is 7.83. The number of methoxy groups -OCH3 is 1. The molecule has 0 aliphatic carbocycles. The van der Waals surface area contributed by atoms with E-state index in [1.165, 1.54) is 0 Å². The predicted octanol–water partition coefficient (Wildman–Crippen LogP) is 2.15. The Labute approximate surface area is 134 Å². The minimum Gasteiger partial charge on any atom is -0.490 e. The molecule has 0 amide bonds. The molecule has 5 nitrogen and oxygen atoms in total. The lowest BCUT2D eigenvalue weighted by molar-refractivity contribution is -0.101. The molecule has 1 aromatic rings. The van der Waals surface area contributed by atoms with Gasteiger partial charge < -0.3 is 24.3 Å². The molecule has 2 unspecified atom stereocenters. The van der Waals surface area contributed by atoms with Gasteiger partial charge in [0.2, 0.25) is 0 Å². The van der Waals surface area contributed by atoms with E-state index in [0.29, 0.717) is 33.0 Å². The largest absolute Gasteiger partial charge is 0.490 e. The van der Waals surface area contributed by atoms with E-state index >= 15 is 0 Å². The van der Waals surface area contributed by atoms with E-state index in [4.69, 9.17) is 18.9 Å². The number of hydrogen-bond donors (Lipinski definition) is 1. The molecule has 1 fully saturated rings. The molecule has 0 aromatic heterocycles. The molecule has 0 saturated carbocycles. The van der Waals surface area contributed by atoms with Gasteiger partial charge in [-0.1, -0.05) is 6.07 Å². The van der Waals surface area contributed by atoms with Crippen LogP contribution in [0.4, 0.5) is 0 Å². The fourth-order valence-corrected chi connectivity index (χ4v) is 2.84. The number of halogens is 1. The Kier molecular flexibility index (Phi) is 6.92. The molecule has 1 aliphatic heterocycles.